The highest BCUT2D eigenvalue weighted by molar-refractivity contribution is 6.06. The normalized spacial score (nSPS) is 10.8. The lowest BCUT2D eigenvalue weighted by atomic mass is 10.1. The van der Waals surface area contributed by atoms with Gasteiger partial charge < -0.3 is 27.4 Å². The van der Waals surface area contributed by atoms with E-state index in [1.54, 1.807) is 18.2 Å². The monoisotopic (exact) mass is 519 g/mol. The van der Waals surface area contributed by atoms with Crippen LogP contribution < -0.4 is 36.6 Å². The molecule has 2 heterocycles. The molecule has 0 atom stereocenters. The molecule has 0 fully saturated rings. The third kappa shape index (κ3) is 5.75. The molecule has 196 valence electrons. The van der Waals surface area contributed by atoms with Crippen LogP contribution in [0.3, 0.4) is 0 Å². The number of carbonyl (C=O) groups is 1. The number of nitrogens with one attached hydrogen (secondary N) is 3. The summed E-state index contributed by atoms with van der Waals surface area (Å²) in [4.78, 5) is 12.9. The molecule has 5 aromatic rings. The minimum atomic E-state index is -0.233. The third-order valence-corrected chi connectivity index (χ3v) is 6.65. The van der Waals surface area contributed by atoms with Crippen LogP contribution in [0, 0.1) is 0 Å². The standard InChI is InChI=1S/C31H31N7O/c1-3-37-16-13-24(14-17-37)34-25-10-11-29(27(33)20-25)36-31(39)21-5-8-23(9-6-21)35-28-15-18-38(4-2)30-12-7-22(32)19-26(28)30/h5-20H,3-4,32-33H2,1-2H3,(H,36,39)/p+2. The predicted octanol–water partition coefficient (Wildman–Crippen LogP) is 5.36. The van der Waals surface area contributed by atoms with Crippen molar-refractivity contribution in [1.82, 2.24) is 0 Å². The van der Waals surface area contributed by atoms with Crippen molar-refractivity contribution in [3.05, 3.63) is 103 Å². The van der Waals surface area contributed by atoms with Crippen molar-refractivity contribution in [3.8, 4) is 0 Å². The number of amides is 1. The van der Waals surface area contributed by atoms with E-state index in [0.29, 0.717) is 22.6 Å². The summed E-state index contributed by atoms with van der Waals surface area (Å²) in [7, 11) is 0. The van der Waals surface area contributed by atoms with E-state index in [2.05, 4.69) is 45.1 Å². The molecule has 2 aromatic heterocycles. The zero-order valence-electron chi connectivity index (χ0n) is 22.1. The van der Waals surface area contributed by atoms with Gasteiger partial charge in [0.2, 0.25) is 5.52 Å². The van der Waals surface area contributed by atoms with Crippen LogP contribution in [0.5, 0.6) is 0 Å². The molecule has 0 aliphatic rings. The maximum Gasteiger partial charge on any atom is 0.255 e. The van der Waals surface area contributed by atoms with Crippen LogP contribution in [-0.4, -0.2) is 5.91 Å². The highest BCUT2D eigenvalue weighted by Crippen LogP contribution is 2.28. The first kappa shape index (κ1) is 25.5. The smallest absolute Gasteiger partial charge is 0.255 e. The number of carbonyl (C=O) groups excluding carboxylic acids is 1. The van der Waals surface area contributed by atoms with Gasteiger partial charge in [0.15, 0.2) is 18.6 Å². The Morgan fingerprint density at radius 3 is 2.13 bits per heavy atom. The van der Waals surface area contributed by atoms with E-state index in [9.17, 15) is 4.79 Å². The summed E-state index contributed by atoms with van der Waals surface area (Å²) in [6, 6.07) is 24.8. The van der Waals surface area contributed by atoms with Gasteiger partial charge in [-0.3, -0.25) is 4.79 Å². The van der Waals surface area contributed by atoms with Crippen LogP contribution >= 0.6 is 0 Å². The first-order valence-corrected chi connectivity index (χ1v) is 13.0. The third-order valence-electron chi connectivity index (χ3n) is 6.65. The number of pyridine rings is 2. The lowest BCUT2D eigenvalue weighted by molar-refractivity contribution is -0.693. The van der Waals surface area contributed by atoms with Crippen LogP contribution in [0.1, 0.15) is 24.2 Å². The van der Waals surface area contributed by atoms with Gasteiger partial charge in [-0.2, -0.15) is 4.57 Å². The number of rotatable bonds is 8. The van der Waals surface area contributed by atoms with Gasteiger partial charge in [-0.1, -0.05) is 0 Å². The van der Waals surface area contributed by atoms with Crippen molar-refractivity contribution in [2.24, 2.45) is 0 Å². The summed E-state index contributed by atoms with van der Waals surface area (Å²) in [5.74, 6) is -0.233. The lowest BCUT2D eigenvalue weighted by Crippen LogP contribution is -2.32. The van der Waals surface area contributed by atoms with E-state index in [-0.39, 0.29) is 5.91 Å². The molecule has 7 N–H and O–H groups in total. The zero-order chi connectivity index (χ0) is 27.4. The molecule has 5 rings (SSSR count). The van der Waals surface area contributed by atoms with Crippen molar-refractivity contribution in [3.63, 3.8) is 0 Å². The van der Waals surface area contributed by atoms with Gasteiger partial charge in [0.1, 0.15) is 13.1 Å². The van der Waals surface area contributed by atoms with Gasteiger partial charge in [-0.05, 0) is 68.4 Å². The van der Waals surface area contributed by atoms with Crippen LogP contribution in [-0.2, 0) is 13.1 Å². The molecule has 0 radical (unpaired) electrons. The van der Waals surface area contributed by atoms with Gasteiger partial charge in [-0.25, -0.2) is 4.57 Å². The van der Waals surface area contributed by atoms with Crippen LogP contribution in [0.4, 0.5) is 39.8 Å². The average Bonchev–Trinajstić information content (AvgIpc) is 2.95. The molecule has 3 aromatic carbocycles. The largest absolute Gasteiger partial charge is 0.399 e. The summed E-state index contributed by atoms with van der Waals surface area (Å²) in [5, 5.41) is 10.7. The molecule has 0 saturated carbocycles. The Kier molecular flexibility index (Phi) is 7.27. The van der Waals surface area contributed by atoms with E-state index in [1.165, 1.54) is 0 Å². The number of nitrogens with two attached hydrogens (primary N) is 2. The molecule has 1 amide bonds. The Morgan fingerprint density at radius 2 is 1.44 bits per heavy atom. The van der Waals surface area contributed by atoms with Crippen LogP contribution in [0.15, 0.2) is 97.5 Å². The number of nitrogens with zero attached hydrogens (tertiary/aromatic N) is 2. The maximum absolute atomic E-state index is 12.9. The Bertz CT molecular complexity index is 1630. The molecule has 8 heteroatoms. The van der Waals surface area contributed by atoms with Crippen molar-refractivity contribution in [2.45, 2.75) is 26.9 Å². The number of benzene rings is 3. The average molecular weight is 520 g/mol. The Morgan fingerprint density at radius 1 is 0.718 bits per heavy atom. The van der Waals surface area contributed by atoms with Gasteiger partial charge in [0.05, 0.1) is 28.1 Å². The first-order chi connectivity index (χ1) is 18.9. The van der Waals surface area contributed by atoms with E-state index < -0.39 is 0 Å². The van der Waals surface area contributed by atoms with E-state index in [1.807, 2.05) is 73.1 Å². The Hall–Kier alpha value is -5.11. The second-order valence-electron chi connectivity index (χ2n) is 9.29. The van der Waals surface area contributed by atoms with Gasteiger partial charge in [0.25, 0.3) is 5.91 Å². The van der Waals surface area contributed by atoms with Gasteiger partial charge in [0, 0.05) is 46.9 Å². The fraction of sp³-hybridized carbons (Fsp3) is 0.129. The summed E-state index contributed by atoms with van der Waals surface area (Å²) in [5.41, 5.74) is 19.3. The molecular weight excluding hydrogens is 486 g/mol. The fourth-order valence-corrected chi connectivity index (χ4v) is 4.47. The van der Waals surface area contributed by atoms with Crippen LogP contribution in [0.2, 0.25) is 0 Å². The number of fused-ring (bicyclic) bond motifs is 1. The summed E-state index contributed by atoms with van der Waals surface area (Å²) >= 11 is 0. The summed E-state index contributed by atoms with van der Waals surface area (Å²) in [6.07, 6.45) is 6.08. The van der Waals surface area contributed by atoms with E-state index >= 15 is 0 Å². The first-order valence-electron chi connectivity index (χ1n) is 13.0. The molecule has 0 spiro atoms. The van der Waals surface area contributed by atoms with Crippen molar-refractivity contribution in [2.75, 3.05) is 27.4 Å². The molecule has 0 unspecified atom stereocenters. The number of nitrogen functional groups attached to an aromatic ring is 2. The highest BCUT2D eigenvalue weighted by Gasteiger charge is 2.13. The Labute approximate surface area is 227 Å². The number of hydrogen-bond donors (Lipinski definition) is 5. The van der Waals surface area contributed by atoms with Crippen molar-refractivity contribution >= 4 is 56.6 Å². The maximum atomic E-state index is 12.9. The molecule has 39 heavy (non-hydrogen) atoms. The second kappa shape index (κ2) is 11.1. The van der Waals surface area contributed by atoms with Gasteiger partial charge >= 0.3 is 0 Å². The van der Waals surface area contributed by atoms with E-state index in [4.69, 9.17) is 11.5 Å². The minimum absolute atomic E-state index is 0.233. The van der Waals surface area contributed by atoms with Crippen LogP contribution in [0.25, 0.3) is 10.9 Å². The zero-order valence-corrected chi connectivity index (χ0v) is 22.1. The van der Waals surface area contributed by atoms with E-state index in [0.717, 1.165) is 46.7 Å². The summed E-state index contributed by atoms with van der Waals surface area (Å²) in [6.45, 7) is 5.98. The highest BCUT2D eigenvalue weighted by atomic mass is 16.1. The quantitative estimate of drug-likeness (QED) is 0.140. The molecule has 0 aliphatic heterocycles. The second-order valence-corrected chi connectivity index (χ2v) is 9.29. The number of anilines is 7. The number of hydrogen-bond acceptors (Lipinski definition) is 5. The van der Waals surface area contributed by atoms with Gasteiger partial charge in [-0.15, -0.1) is 0 Å². The van der Waals surface area contributed by atoms with Crippen molar-refractivity contribution < 1.29 is 13.9 Å². The number of aromatic nitrogens is 2. The lowest BCUT2D eigenvalue weighted by Gasteiger charge is -2.12. The predicted molar refractivity (Wildman–Crippen MR) is 158 cm³/mol. The molecule has 0 aliphatic carbocycles. The minimum Gasteiger partial charge on any atom is -0.399 e. The summed E-state index contributed by atoms with van der Waals surface area (Å²) < 4.78 is 4.26. The molecular formula is C31H33N7O+2. The fourth-order valence-electron chi connectivity index (χ4n) is 4.47. The Balaban J connectivity index is 1.26. The number of aryl methyl sites for hydroxylation is 2. The topological polar surface area (TPSA) is 113 Å². The molecule has 0 saturated heterocycles. The SMILES string of the molecule is CC[n+]1ccc(Nc2ccc(NC(=O)c3ccc(Nc4cc[n+](CC)c5ccc(N)cc45)cc3)c(N)c2)cc1. The molecule has 0 bridgehead atoms. The van der Waals surface area contributed by atoms with Crippen molar-refractivity contribution in [1.29, 1.82) is 0 Å². The molecule has 8 nitrogen and oxygen atoms in total.